The van der Waals surface area contributed by atoms with Gasteiger partial charge in [-0.1, -0.05) is 78.0 Å². The molecule has 0 aliphatic rings. The molecule has 7 heteroatoms. The summed E-state index contributed by atoms with van der Waals surface area (Å²) >= 11 is 7.31. The third-order valence-corrected chi connectivity index (χ3v) is 6.57. The van der Waals surface area contributed by atoms with Gasteiger partial charge in [-0.25, -0.2) is 4.98 Å². The predicted octanol–water partition coefficient (Wildman–Crippen LogP) is 5.24. The standard InChI is InChI=1S/C26H24ClN3O2S/c1-2-29(16-19-8-4-3-5-9-19)24(31)18-33-26-28-23-11-7-6-10-22(23)25(32)30(26)17-20-12-14-21(27)15-13-20/h3-15H,2,16-18H2,1H3. The fourth-order valence-corrected chi connectivity index (χ4v) is 4.59. The number of hydrogen-bond donors (Lipinski definition) is 0. The predicted molar refractivity (Wildman–Crippen MR) is 135 cm³/mol. The molecular weight excluding hydrogens is 454 g/mol. The highest BCUT2D eigenvalue weighted by Gasteiger charge is 2.17. The van der Waals surface area contributed by atoms with Gasteiger partial charge in [0.2, 0.25) is 5.91 Å². The molecule has 0 aliphatic heterocycles. The number of aromatic nitrogens is 2. The fourth-order valence-electron chi connectivity index (χ4n) is 3.57. The van der Waals surface area contributed by atoms with Crippen LogP contribution in [0.4, 0.5) is 0 Å². The summed E-state index contributed by atoms with van der Waals surface area (Å²) in [4.78, 5) is 32.8. The highest BCUT2D eigenvalue weighted by Crippen LogP contribution is 2.20. The number of halogens is 1. The van der Waals surface area contributed by atoms with Gasteiger partial charge in [0.05, 0.1) is 23.2 Å². The molecule has 0 radical (unpaired) electrons. The molecule has 4 aromatic rings. The van der Waals surface area contributed by atoms with Crippen molar-refractivity contribution in [1.29, 1.82) is 0 Å². The topological polar surface area (TPSA) is 55.2 Å². The third kappa shape index (κ3) is 5.64. The molecule has 5 nitrogen and oxygen atoms in total. The minimum atomic E-state index is -0.123. The Labute approximate surface area is 202 Å². The quantitative estimate of drug-likeness (QED) is 0.257. The van der Waals surface area contributed by atoms with Gasteiger partial charge in [-0.05, 0) is 42.3 Å². The summed E-state index contributed by atoms with van der Waals surface area (Å²) < 4.78 is 1.64. The molecule has 0 unspecified atom stereocenters. The molecule has 1 amide bonds. The number of carbonyl (C=O) groups excluding carboxylic acids is 1. The molecule has 3 aromatic carbocycles. The molecular formula is C26H24ClN3O2S. The zero-order valence-electron chi connectivity index (χ0n) is 18.3. The maximum atomic E-state index is 13.3. The summed E-state index contributed by atoms with van der Waals surface area (Å²) in [5.74, 6) is 0.207. The Morgan fingerprint density at radius 2 is 1.67 bits per heavy atom. The molecule has 0 aliphatic carbocycles. The Kier molecular flexibility index (Phi) is 7.47. The van der Waals surface area contributed by atoms with Crippen LogP contribution in [0.1, 0.15) is 18.1 Å². The lowest BCUT2D eigenvalue weighted by atomic mass is 10.2. The van der Waals surface area contributed by atoms with Crippen LogP contribution < -0.4 is 5.56 Å². The summed E-state index contributed by atoms with van der Waals surface area (Å²) in [7, 11) is 0. The molecule has 1 heterocycles. The van der Waals surface area contributed by atoms with Gasteiger partial charge in [0.1, 0.15) is 0 Å². The van der Waals surface area contributed by atoms with Crippen molar-refractivity contribution in [3.63, 3.8) is 0 Å². The number of thioether (sulfide) groups is 1. The van der Waals surface area contributed by atoms with Gasteiger partial charge in [-0.15, -0.1) is 0 Å². The number of para-hydroxylation sites is 1. The van der Waals surface area contributed by atoms with Gasteiger partial charge in [-0.2, -0.15) is 0 Å². The van der Waals surface area contributed by atoms with E-state index in [0.717, 1.165) is 11.1 Å². The van der Waals surface area contributed by atoms with Crippen LogP contribution in [0.3, 0.4) is 0 Å². The van der Waals surface area contributed by atoms with E-state index in [9.17, 15) is 9.59 Å². The lowest BCUT2D eigenvalue weighted by molar-refractivity contribution is -0.128. The summed E-state index contributed by atoms with van der Waals surface area (Å²) in [6.45, 7) is 3.48. The lowest BCUT2D eigenvalue weighted by Crippen LogP contribution is -2.32. The minimum Gasteiger partial charge on any atom is -0.338 e. The number of nitrogens with zero attached hydrogens (tertiary/aromatic N) is 3. The molecule has 0 fully saturated rings. The number of hydrogen-bond acceptors (Lipinski definition) is 4. The van der Waals surface area contributed by atoms with Crippen molar-refractivity contribution in [3.05, 3.63) is 105 Å². The molecule has 0 saturated carbocycles. The van der Waals surface area contributed by atoms with E-state index in [4.69, 9.17) is 16.6 Å². The first-order valence-corrected chi connectivity index (χ1v) is 12.1. The number of carbonyl (C=O) groups is 1. The minimum absolute atomic E-state index is 0.00630. The van der Waals surface area contributed by atoms with E-state index >= 15 is 0 Å². The Bertz CT molecular complexity index is 1310. The third-order valence-electron chi connectivity index (χ3n) is 5.36. The zero-order chi connectivity index (χ0) is 23.2. The normalized spacial score (nSPS) is 11.0. The number of benzene rings is 3. The van der Waals surface area contributed by atoms with Gasteiger partial charge in [-0.3, -0.25) is 14.2 Å². The van der Waals surface area contributed by atoms with Gasteiger partial charge in [0.25, 0.3) is 5.56 Å². The van der Waals surface area contributed by atoms with Crippen molar-refractivity contribution in [2.45, 2.75) is 25.2 Å². The van der Waals surface area contributed by atoms with Crippen LogP contribution in [0.15, 0.2) is 88.8 Å². The number of amides is 1. The molecule has 1 aromatic heterocycles. The summed E-state index contributed by atoms with van der Waals surface area (Å²) in [5.41, 5.74) is 2.52. The molecule has 0 bridgehead atoms. The first kappa shape index (κ1) is 23.1. The Morgan fingerprint density at radius 3 is 2.39 bits per heavy atom. The van der Waals surface area contributed by atoms with Gasteiger partial charge < -0.3 is 4.90 Å². The van der Waals surface area contributed by atoms with Gasteiger partial charge in [0.15, 0.2) is 5.16 Å². The maximum absolute atomic E-state index is 13.3. The first-order chi connectivity index (χ1) is 16.0. The highest BCUT2D eigenvalue weighted by molar-refractivity contribution is 7.99. The second kappa shape index (κ2) is 10.7. The first-order valence-electron chi connectivity index (χ1n) is 10.7. The summed E-state index contributed by atoms with van der Waals surface area (Å²) in [6, 6.07) is 24.6. The van der Waals surface area contributed by atoms with Gasteiger partial charge >= 0.3 is 0 Å². The highest BCUT2D eigenvalue weighted by atomic mass is 35.5. The molecule has 0 N–H and O–H groups in total. The second-order valence-electron chi connectivity index (χ2n) is 7.61. The molecule has 33 heavy (non-hydrogen) atoms. The van der Waals surface area contributed by atoms with Crippen molar-refractivity contribution in [2.24, 2.45) is 0 Å². The number of fused-ring (bicyclic) bond motifs is 1. The van der Waals surface area contributed by atoms with Crippen molar-refractivity contribution in [3.8, 4) is 0 Å². The van der Waals surface area contributed by atoms with Crippen LogP contribution in [-0.4, -0.2) is 32.7 Å². The second-order valence-corrected chi connectivity index (χ2v) is 8.99. The van der Waals surface area contributed by atoms with Crippen LogP contribution in [-0.2, 0) is 17.9 Å². The smallest absolute Gasteiger partial charge is 0.262 e. The van der Waals surface area contributed by atoms with Crippen LogP contribution in [0.2, 0.25) is 5.02 Å². The maximum Gasteiger partial charge on any atom is 0.262 e. The lowest BCUT2D eigenvalue weighted by Gasteiger charge is -2.21. The zero-order valence-corrected chi connectivity index (χ0v) is 19.9. The summed E-state index contributed by atoms with van der Waals surface area (Å²) in [5, 5.41) is 1.72. The molecule has 168 valence electrons. The van der Waals surface area contributed by atoms with E-state index in [1.54, 1.807) is 22.8 Å². The van der Waals surface area contributed by atoms with Crippen molar-refractivity contribution in [1.82, 2.24) is 14.5 Å². The van der Waals surface area contributed by atoms with Crippen LogP contribution in [0, 0.1) is 0 Å². The van der Waals surface area contributed by atoms with Crippen molar-refractivity contribution >= 4 is 40.2 Å². The molecule has 0 saturated heterocycles. The van der Waals surface area contributed by atoms with E-state index in [0.29, 0.717) is 40.7 Å². The van der Waals surface area contributed by atoms with Crippen molar-refractivity contribution in [2.75, 3.05) is 12.3 Å². The largest absolute Gasteiger partial charge is 0.338 e. The molecule has 4 rings (SSSR count). The van der Waals surface area contributed by atoms with E-state index in [1.165, 1.54) is 11.8 Å². The van der Waals surface area contributed by atoms with Crippen LogP contribution in [0.5, 0.6) is 0 Å². The monoisotopic (exact) mass is 477 g/mol. The van der Waals surface area contributed by atoms with E-state index < -0.39 is 0 Å². The number of rotatable bonds is 8. The molecule has 0 atom stereocenters. The van der Waals surface area contributed by atoms with Gasteiger partial charge in [0, 0.05) is 18.1 Å². The summed E-state index contributed by atoms with van der Waals surface area (Å²) in [6.07, 6.45) is 0. The SMILES string of the molecule is CCN(Cc1ccccc1)C(=O)CSc1nc2ccccc2c(=O)n1Cc1ccc(Cl)cc1. The Hall–Kier alpha value is -3.09. The fraction of sp³-hybridized carbons (Fsp3) is 0.192. The Balaban J connectivity index is 1.59. The Morgan fingerprint density at radius 1 is 0.970 bits per heavy atom. The van der Waals surface area contributed by atoms with Crippen LogP contribution in [0.25, 0.3) is 10.9 Å². The van der Waals surface area contributed by atoms with E-state index in [-0.39, 0.29) is 17.2 Å². The average Bonchev–Trinajstić information content (AvgIpc) is 2.85. The average molecular weight is 478 g/mol. The van der Waals surface area contributed by atoms with Crippen LogP contribution >= 0.6 is 23.4 Å². The van der Waals surface area contributed by atoms with E-state index in [1.807, 2.05) is 72.5 Å². The van der Waals surface area contributed by atoms with Crippen molar-refractivity contribution < 1.29 is 4.79 Å². The van der Waals surface area contributed by atoms with E-state index in [2.05, 4.69) is 0 Å². The molecule has 0 spiro atoms.